The van der Waals surface area contributed by atoms with Gasteiger partial charge in [0.1, 0.15) is 6.10 Å². The minimum Gasteiger partial charge on any atom is -0.376 e. The monoisotopic (exact) mass is 270 g/mol. The third-order valence-corrected chi connectivity index (χ3v) is 3.43. The number of amides is 2. The molecule has 2 aliphatic rings. The van der Waals surface area contributed by atoms with E-state index in [9.17, 15) is 9.59 Å². The number of nitrogens with one attached hydrogen (secondary N) is 2. The molecule has 2 amide bonds. The molecule has 1 aliphatic heterocycles. The van der Waals surface area contributed by atoms with Crippen LogP contribution in [0.15, 0.2) is 0 Å². The molecule has 6 heteroatoms. The van der Waals surface area contributed by atoms with E-state index < -0.39 is 6.10 Å². The maximum atomic E-state index is 11.7. The van der Waals surface area contributed by atoms with Gasteiger partial charge in [-0.1, -0.05) is 0 Å². The third kappa shape index (κ3) is 4.80. The molecule has 2 rings (SSSR count). The lowest BCUT2D eigenvalue weighted by molar-refractivity contribution is -0.139. The van der Waals surface area contributed by atoms with Crippen molar-refractivity contribution in [2.75, 3.05) is 13.2 Å². The fourth-order valence-electron chi connectivity index (χ4n) is 1.94. The number of hydrogen-bond donors (Lipinski definition) is 2. The standard InChI is InChI=1S/C13H22N2O4/c1-9(19-8-11-4-2-3-7-18-11)12(16)14-15-13(17)10-5-6-10/h9-11H,2-8H2,1H3,(H,14,16)(H,15,17)/t9-,11-/m1/s1. The lowest BCUT2D eigenvalue weighted by Crippen LogP contribution is -2.47. The van der Waals surface area contributed by atoms with Gasteiger partial charge in [0.05, 0.1) is 12.7 Å². The summed E-state index contributed by atoms with van der Waals surface area (Å²) in [6, 6.07) is 0. The summed E-state index contributed by atoms with van der Waals surface area (Å²) >= 11 is 0. The number of hydrazine groups is 1. The third-order valence-electron chi connectivity index (χ3n) is 3.43. The minimum atomic E-state index is -0.593. The van der Waals surface area contributed by atoms with Gasteiger partial charge < -0.3 is 9.47 Å². The topological polar surface area (TPSA) is 76.7 Å². The van der Waals surface area contributed by atoms with Crippen molar-refractivity contribution in [2.24, 2.45) is 5.92 Å². The fraction of sp³-hybridized carbons (Fsp3) is 0.846. The Morgan fingerprint density at radius 3 is 2.68 bits per heavy atom. The van der Waals surface area contributed by atoms with Crippen LogP contribution >= 0.6 is 0 Å². The summed E-state index contributed by atoms with van der Waals surface area (Å²) in [7, 11) is 0. The molecule has 2 N–H and O–H groups in total. The summed E-state index contributed by atoms with van der Waals surface area (Å²) in [6.45, 7) is 2.86. The first-order chi connectivity index (χ1) is 9.16. The first-order valence-corrected chi connectivity index (χ1v) is 6.99. The van der Waals surface area contributed by atoms with Gasteiger partial charge in [0, 0.05) is 12.5 Å². The predicted octanol–water partition coefficient (Wildman–Crippen LogP) is 0.518. The van der Waals surface area contributed by atoms with Crippen molar-refractivity contribution in [1.29, 1.82) is 0 Å². The largest absolute Gasteiger partial charge is 0.376 e. The van der Waals surface area contributed by atoms with Gasteiger partial charge in [0.2, 0.25) is 5.91 Å². The first-order valence-electron chi connectivity index (χ1n) is 6.99. The molecule has 0 radical (unpaired) electrons. The second-order valence-corrected chi connectivity index (χ2v) is 5.22. The van der Waals surface area contributed by atoms with Crippen LogP contribution in [0.3, 0.4) is 0 Å². The van der Waals surface area contributed by atoms with E-state index in [2.05, 4.69) is 10.9 Å². The molecular formula is C13H22N2O4. The highest BCUT2D eigenvalue weighted by molar-refractivity contribution is 5.86. The van der Waals surface area contributed by atoms with Gasteiger partial charge in [-0.15, -0.1) is 0 Å². The summed E-state index contributed by atoms with van der Waals surface area (Å²) in [4.78, 5) is 23.0. The first kappa shape index (κ1) is 14.3. The van der Waals surface area contributed by atoms with E-state index in [1.807, 2.05) is 0 Å². The molecule has 6 nitrogen and oxygen atoms in total. The maximum Gasteiger partial charge on any atom is 0.267 e. The molecule has 1 aliphatic carbocycles. The Bertz CT molecular complexity index is 325. The van der Waals surface area contributed by atoms with Crippen LogP contribution in [0.5, 0.6) is 0 Å². The Morgan fingerprint density at radius 1 is 1.26 bits per heavy atom. The highest BCUT2D eigenvalue weighted by atomic mass is 16.5. The molecule has 19 heavy (non-hydrogen) atoms. The molecule has 1 saturated carbocycles. The van der Waals surface area contributed by atoms with E-state index in [-0.39, 0.29) is 23.8 Å². The summed E-state index contributed by atoms with van der Waals surface area (Å²) in [5.41, 5.74) is 4.80. The molecule has 108 valence electrons. The normalized spacial score (nSPS) is 24.6. The molecule has 0 aromatic rings. The molecule has 1 heterocycles. The Hall–Kier alpha value is -1.14. The van der Waals surface area contributed by atoms with Crippen molar-refractivity contribution in [3.8, 4) is 0 Å². The van der Waals surface area contributed by atoms with E-state index in [4.69, 9.17) is 9.47 Å². The van der Waals surface area contributed by atoms with Crippen LogP contribution in [0.1, 0.15) is 39.0 Å². The number of hydrogen-bond acceptors (Lipinski definition) is 4. The number of rotatable bonds is 5. The molecule has 0 aromatic carbocycles. The zero-order valence-electron chi connectivity index (χ0n) is 11.3. The van der Waals surface area contributed by atoms with Crippen molar-refractivity contribution in [1.82, 2.24) is 10.9 Å². The Labute approximate surface area is 113 Å². The van der Waals surface area contributed by atoms with Gasteiger partial charge in [-0.25, -0.2) is 0 Å². The molecule has 0 bridgehead atoms. The molecule has 2 atom stereocenters. The van der Waals surface area contributed by atoms with Crippen molar-refractivity contribution < 1.29 is 19.1 Å². The Kier molecular flexibility index (Phi) is 5.15. The van der Waals surface area contributed by atoms with Gasteiger partial charge >= 0.3 is 0 Å². The second kappa shape index (κ2) is 6.86. The Balaban J connectivity index is 1.59. The van der Waals surface area contributed by atoms with Crippen LogP contribution in [0, 0.1) is 5.92 Å². The average Bonchev–Trinajstić information content (AvgIpc) is 3.27. The molecule has 0 unspecified atom stereocenters. The number of carbonyl (C=O) groups excluding carboxylic acids is 2. The lowest BCUT2D eigenvalue weighted by atomic mass is 10.1. The minimum absolute atomic E-state index is 0.0761. The van der Waals surface area contributed by atoms with E-state index in [1.165, 1.54) is 0 Å². The molecular weight excluding hydrogens is 248 g/mol. The maximum absolute atomic E-state index is 11.7. The average molecular weight is 270 g/mol. The fourth-order valence-corrected chi connectivity index (χ4v) is 1.94. The zero-order valence-corrected chi connectivity index (χ0v) is 11.3. The van der Waals surface area contributed by atoms with Crippen LogP contribution in [-0.2, 0) is 19.1 Å². The van der Waals surface area contributed by atoms with Crippen molar-refractivity contribution in [3.63, 3.8) is 0 Å². The van der Waals surface area contributed by atoms with Crippen molar-refractivity contribution >= 4 is 11.8 Å². The van der Waals surface area contributed by atoms with Crippen LogP contribution in [-0.4, -0.2) is 37.2 Å². The highest BCUT2D eigenvalue weighted by Crippen LogP contribution is 2.28. The summed E-state index contributed by atoms with van der Waals surface area (Å²) in [5.74, 6) is -0.367. The smallest absolute Gasteiger partial charge is 0.267 e. The Morgan fingerprint density at radius 2 is 2.05 bits per heavy atom. The van der Waals surface area contributed by atoms with E-state index in [1.54, 1.807) is 6.92 Å². The zero-order chi connectivity index (χ0) is 13.7. The highest BCUT2D eigenvalue weighted by Gasteiger charge is 2.30. The van der Waals surface area contributed by atoms with Gasteiger partial charge in [-0.3, -0.25) is 20.4 Å². The van der Waals surface area contributed by atoms with E-state index in [0.717, 1.165) is 38.7 Å². The van der Waals surface area contributed by atoms with Crippen LogP contribution in [0.4, 0.5) is 0 Å². The molecule has 1 saturated heterocycles. The van der Waals surface area contributed by atoms with Gasteiger partial charge in [0.25, 0.3) is 5.91 Å². The van der Waals surface area contributed by atoms with E-state index in [0.29, 0.717) is 6.61 Å². The number of ether oxygens (including phenoxy) is 2. The van der Waals surface area contributed by atoms with Crippen LogP contribution in [0.2, 0.25) is 0 Å². The van der Waals surface area contributed by atoms with Gasteiger partial charge in [-0.2, -0.15) is 0 Å². The summed E-state index contributed by atoms with van der Waals surface area (Å²) in [6.07, 6.45) is 4.54. The number of carbonyl (C=O) groups is 2. The van der Waals surface area contributed by atoms with Crippen LogP contribution in [0.25, 0.3) is 0 Å². The molecule has 0 aromatic heterocycles. The second-order valence-electron chi connectivity index (χ2n) is 5.22. The quantitative estimate of drug-likeness (QED) is 0.714. The predicted molar refractivity (Wildman–Crippen MR) is 68.0 cm³/mol. The molecule has 0 spiro atoms. The van der Waals surface area contributed by atoms with E-state index >= 15 is 0 Å². The molecule has 2 fully saturated rings. The SMILES string of the molecule is C[C@@H](OC[C@H]1CCCCO1)C(=O)NNC(=O)C1CC1. The summed E-state index contributed by atoms with van der Waals surface area (Å²) < 4.78 is 11.0. The lowest BCUT2D eigenvalue weighted by Gasteiger charge is -2.23. The van der Waals surface area contributed by atoms with Gasteiger partial charge in [0.15, 0.2) is 0 Å². The van der Waals surface area contributed by atoms with Crippen molar-refractivity contribution in [3.05, 3.63) is 0 Å². The van der Waals surface area contributed by atoms with Gasteiger partial charge in [-0.05, 0) is 39.0 Å². The summed E-state index contributed by atoms with van der Waals surface area (Å²) in [5, 5.41) is 0. The van der Waals surface area contributed by atoms with Crippen LogP contribution < -0.4 is 10.9 Å². The van der Waals surface area contributed by atoms with Crippen molar-refractivity contribution in [2.45, 2.75) is 51.2 Å².